The lowest BCUT2D eigenvalue weighted by Gasteiger charge is -2.31. The quantitative estimate of drug-likeness (QED) is 0.236. The van der Waals surface area contributed by atoms with Gasteiger partial charge in [-0.05, 0) is 72.8 Å². The maximum Gasteiger partial charge on any atom is 0.150 e. The number of rotatable bonds is 6. The number of hydrogen-bond donors (Lipinski definition) is 2. The van der Waals surface area contributed by atoms with E-state index < -0.39 is 5.41 Å². The van der Waals surface area contributed by atoms with Gasteiger partial charge < -0.3 is 20.9 Å². The zero-order valence-corrected chi connectivity index (χ0v) is 21.9. The van der Waals surface area contributed by atoms with E-state index in [1.807, 2.05) is 26.0 Å². The molecule has 0 amide bonds. The van der Waals surface area contributed by atoms with Crippen molar-refractivity contribution < 1.29 is 9.47 Å². The van der Waals surface area contributed by atoms with Gasteiger partial charge in [-0.15, -0.1) is 0 Å². The third-order valence-electron chi connectivity index (χ3n) is 5.56. The van der Waals surface area contributed by atoms with Crippen molar-refractivity contribution in [1.82, 2.24) is 0 Å². The van der Waals surface area contributed by atoms with Gasteiger partial charge in [-0.25, -0.2) is 0 Å². The number of hydrogen-bond acceptors (Lipinski definition) is 4. The van der Waals surface area contributed by atoms with Gasteiger partial charge in [0.05, 0.1) is 10.0 Å². The summed E-state index contributed by atoms with van der Waals surface area (Å²) in [4.78, 5) is 0. The largest absolute Gasteiger partial charge is 0.455 e. The molecule has 0 saturated carbocycles. The lowest BCUT2D eigenvalue weighted by molar-refractivity contribution is 0.445. The first-order valence-corrected chi connectivity index (χ1v) is 12.1. The van der Waals surface area contributed by atoms with Crippen LogP contribution in [0.2, 0.25) is 20.1 Å². The van der Waals surface area contributed by atoms with Crippen LogP contribution in [0.3, 0.4) is 0 Å². The standard InChI is InChI=1S/C27H22Cl4N2O2/c1-27(2,21-11-15(28)13-23(30)25(21)34-19-7-3-17(32)4-8-19)22-12-16(29)14-24(31)26(22)35-20-9-5-18(33)6-10-20/h3-14H,32-33H2,1-2H3. The van der Waals surface area contributed by atoms with Crippen molar-refractivity contribution in [2.24, 2.45) is 0 Å². The molecule has 0 atom stereocenters. The minimum Gasteiger partial charge on any atom is -0.455 e. The highest BCUT2D eigenvalue weighted by molar-refractivity contribution is 6.36. The van der Waals surface area contributed by atoms with E-state index in [2.05, 4.69) is 0 Å². The summed E-state index contributed by atoms with van der Waals surface area (Å²) in [6.07, 6.45) is 0. The first-order valence-electron chi connectivity index (χ1n) is 10.6. The molecule has 0 fully saturated rings. The average Bonchev–Trinajstić information content (AvgIpc) is 2.79. The normalized spacial score (nSPS) is 11.4. The van der Waals surface area contributed by atoms with Gasteiger partial charge in [0.15, 0.2) is 0 Å². The summed E-state index contributed by atoms with van der Waals surface area (Å²) >= 11 is 26.1. The van der Waals surface area contributed by atoms with E-state index >= 15 is 0 Å². The number of anilines is 2. The highest BCUT2D eigenvalue weighted by atomic mass is 35.5. The molecule has 0 heterocycles. The number of nitrogens with two attached hydrogens (primary N) is 2. The number of nitrogen functional groups attached to an aromatic ring is 2. The SMILES string of the molecule is CC(C)(c1cc(Cl)cc(Cl)c1Oc1ccc(N)cc1)c1cc(Cl)cc(Cl)c1Oc1ccc(N)cc1. The molecule has 0 aliphatic rings. The van der Waals surface area contributed by atoms with Gasteiger partial charge >= 0.3 is 0 Å². The van der Waals surface area contributed by atoms with Gasteiger partial charge in [-0.2, -0.15) is 0 Å². The van der Waals surface area contributed by atoms with Crippen LogP contribution in [0.25, 0.3) is 0 Å². The minimum atomic E-state index is -0.755. The Balaban J connectivity index is 1.86. The fourth-order valence-electron chi connectivity index (χ4n) is 3.71. The summed E-state index contributed by atoms with van der Waals surface area (Å²) in [6.45, 7) is 3.98. The zero-order chi connectivity index (χ0) is 25.3. The first kappa shape index (κ1) is 25.3. The van der Waals surface area contributed by atoms with E-state index in [0.29, 0.717) is 65.6 Å². The summed E-state index contributed by atoms with van der Waals surface area (Å²) in [7, 11) is 0. The molecule has 4 nitrogen and oxygen atoms in total. The molecule has 0 radical (unpaired) electrons. The Morgan fingerprint density at radius 3 is 1.26 bits per heavy atom. The van der Waals surface area contributed by atoms with E-state index in [0.717, 1.165) is 0 Å². The van der Waals surface area contributed by atoms with E-state index in [9.17, 15) is 0 Å². The molecule has 4 aromatic rings. The van der Waals surface area contributed by atoms with Gasteiger partial charge in [0.25, 0.3) is 0 Å². The fraction of sp³-hybridized carbons (Fsp3) is 0.111. The van der Waals surface area contributed by atoms with Crippen molar-refractivity contribution in [2.45, 2.75) is 19.3 Å². The van der Waals surface area contributed by atoms with Crippen LogP contribution in [-0.2, 0) is 5.41 Å². The summed E-state index contributed by atoms with van der Waals surface area (Å²) in [6, 6.07) is 20.9. The molecule has 0 saturated heterocycles. The van der Waals surface area contributed by atoms with E-state index in [1.165, 1.54) is 0 Å². The van der Waals surface area contributed by atoms with Crippen LogP contribution >= 0.6 is 46.4 Å². The zero-order valence-electron chi connectivity index (χ0n) is 18.9. The molecule has 180 valence electrons. The van der Waals surface area contributed by atoms with Crippen molar-refractivity contribution in [1.29, 1.82) is 0 Å². The summed E-state index contributed by atoms with van der Waals surface area (Å²) in [5.74, 6) is 2.03. The predicted octanol–water partition coefficient (Wildman–Crippen LogP) is 9.38. The number of ether oxygens (including phenoxy) is 2. The highest BCUT2D eigenvalue weighted by Crippen LogP contribution is 2.49. The van der Waals surface area contributed by atoms with Crippen LogP contribution in [0.4, 0.5) is 11.4 Å². The average molecular weight is 548 g/mol. The van der Waals surface area contributed by atoms with Gasteiger partial charge in [-0.1, -0.05) is 60.3 Å². The van der Waals surface area contributed by atoms with Crippen molar-refractivity contribution in [3.05, 3.63) is 104 Å². The molecule has 4 N–H and O–H groups in total. The number of benzene rings is 4. The second-order valence-electron chi connectivity index (χ2n) is 8.50. The van der Waals surface area contributed by atoms with Crippen LogP contribution in [0.1, 0.15) is 25.0 Å². The van der Waals surface area contributed by atoms with Crippen LogP contribution in [0.15, 0.2) is 72.8 Å². The maximum atomic E-state index is 6.63. The Kier molecular flexibility index (Phi) is 7.30. The Labute approximate surface area is 224 Å². The second kappa shape index (κ2) is 10.1. The van der Waals surface area contributed by atoms with Crippen LogP contribution in [0, 0.1) is 0 Å². The second-order valence-corrected chi connectivity index (χ2v) is 10.2. The Bertz CT molecular complexity index is 1270. The first-order chi connectivity index (χ1) is 16.5. The summed E-state index contributed by atoms with van der Waals surface area (Å²) in [5.41, 5.74) is 13.6. The monoisotopic (exact) mass is 546 g/mol. The predicted molar refractivity (Wildman–Crippen MR) is 147 cm³/mol. The molecule has 0 bridgehead atoms. The van der Waals surface area contributed by atoms with Crippen molar-refractivity contribution in [2.75, 3.05) is 11.5 Å². The fourth-order valence-corrected chi connectivity index (χ4v) is 4.77. The molecular weight excluding hydrogens is 526 g/mol. The minimum absolute atomic E-state index is 0.353. The van der Waals surface area contributed by atoms with E-state index in [4.69, 9.17) is 67.3 Å². The summed E-state index contributed by atoms with van der Waals surface area (Å²) < 4.78 is 12.4. The summed E-state index contributed by atoms with van der Waals surface area (Å²) in [5, 5.41) is 1.62. The molecule has 4 rings (SSSR count). The highest BCUT2D eigenvalue weighted by Gasteiger charge is 2.33. The molecule has 0 aromatic heterocycles. The molecular formula is C27H22Cl4N2O2. The van der Waals surface area contributed by atoms with Crippen molar-refractivity contribution in [3.63, 3.8) is 0 Å². The van der Waals surface area contributed by atoms with Crippen molar-refractivity contribution in [3.8, 4) is 23.0 Å². The van der Waals surface area contributed by atoms with Gasteiger partial charge in [-0.3, -0.25) is 0 Å². The lowest BCUT2D eigenvalue weighted by Crippen LogP contribution is -2.21. The molecule has 35 heavy (non-hydrogen) atoms. The molecule has 0 aliphatic heterocycles. The van der Waals surface area contributed by atoms with Gasteiger partial charge in [0, 0.05) is 38.0 Å². The Morgan fingerprint density at radius 1 is 0.571 bits per heavy atom. The molecule has 8 heteroatoms. The third kappa shape index (κ3) is 5.57. The molecule has 4 aromatic carbocycles. The third-order valence-corrected chi connectivity index (χ3v) is 6.56. The van der Waals surface area contributed by atoms with Crippen molar-refractivity contribution >= 4 is 57.8 Å². The van der Waals surface area contributed by atoms with Gasteiger partial charge in [0.2, 0.25) is 0 Å². The van der Waals surface area contributed by atoms with Gasteiger partial charge in [0.1, 0.15) is 23.0 Å². The maximum absolute atomic E-state index is 6.63. The van der Waals surface area contributed by atoms with Crippen LogP contribution in [-0.4, -0.2) is 0 Å². The molecule has 0 spiro atoms. The number of halogens is 4. The topological polar surface area (TPSA) is 70.5 Å². The van der Waals surface area contributed by atoms with Crippen LogP contribution < -0.4 is 20.9 Å². The smallest absolute Gasteiger partial charge is 0.150 e. The molecule has 0 unspecified atom stereocenters. The Hall–Kier alpha value is -2.76. The van der Waals surface area contributed by atoms with E-state index in [1.54, 1.807) is 60.7 Å². The molecule has 0 aliphatic carbocycles. The van der Waals surface area contributed by atoms with Crippen LogP contribution in [0.5, 0.6) is 23.0 Å². The van der Waals surface area contributed by atoms with E-state index in [-0.39, 0.29) is 0 Å². The Morgan fingerprint density at radius 2 is 0.914 bits per heavy atom. The lowest BCUT2D eigenvalue weighted by atomic mass is 9.77.